The number of ether oxygens (including phenoxy) is 1. The summed E-state index contributed by atoms with van der Waals surface area (Å²) in [4.78, 5) is 23.6. The second-order valence-electron chi connectivity index (χ2n) is 4.96. The molecule has 4 nitrogen and oxygen atoms in total. The van der Waals surface area contributed by atoms with Crippen molar-refractivity contribution in [1.29, 1.82) is 0 Å². The van der Waals surface area contributed by atoms with E-state index in [1.807, 2.05) is 31.2 Å². The Morgan fingerprint density at radius 2 is 1.95 bits per heavy atom. The average Bonchev–Trinajstić information content (AvgIpc) is 2.38. The third-order valence-electron chi connectivity index (χ3n) is 3.48. The van der Waals surface area contributed by atoms with Crippen molar-refractivity contribution < 1.29 is 49.0 Å². The summed E-state index contributed by atoms with van der Waals surface area (Å²) in [5.41, 5.74) is 1.91. The Hall–Kier alpha value is -1.10. The van der Waals surface area contributed by atoms with Crippen LogP contribution in [0, 0.1) is 12.8 Å². The van der Waals surface area contributed by atoms with Crippen molar-refractivity contribution in [1.82, 2.24) is 0 Å². The van der Waals surface area contributed by atoms with Crippen LogP contribution >= 0.6 is 0 Å². The summed E-state index contributed by atoms with van der Waals surface area (Å²) in [5.74, 6) is -2.58. The van der Waals surface area contributed by atoms with Gasteiger partial charge in [-0.3, -0.25) is 9.59 Å². The first-order valence-electron chi connectivity index (χ1n) is 6.67. The summed E-state index contributed by atoms with van der Waals surface area (Å²) in [6.45, 7) is 3.87. The van der Waals surface area contributed by atoms with Gasteiger partial charge in [0.25, 0.3) is 0 Å². The maximum atomic E-state index is 12.0. The van der Waals surface area contributed by atoms with Crippen LogP contribution in [0.3, 0.4) is 0 Å². The van der Waals surface area contributed by atoms with Crippen molar-refractivity contribution in [2.75, 3.05) is 6.61 Å². The number of ketones is 1. The van der Waals surface area contributed by atoms with Gasteiger partial charge in [-0.25, -0.2) is 0 Å². The molecular weight excluding hydrogens is 279 g/mol. The van der Waals surface area contributed by atoms with Gasteiger partial charge in [0.15, 0.2) is 5.78 Å². The average molecular weight is 296 g/mol. The molecule has 0 bridgehead atoms. The smallest absolute Gasteiger partial charge is 0.875 e. The van der Waals surface area contributed by atoms with Gasteiger partial charge in [-0.2, -0.15) is 0 Å². The van der Waals surface area contributed by atoms with Gasteiger partial charge in [-0.1, -0.05) is 29.8 Å². The van der Waals surface area contributed by atoms with E-state index in [0.29, 0.717) is 0 Å². The number of hydrogen-bond donors (Lipinski definition) is 0. The molecule has 0 heterocycles. The van der Waals surface area contributed by atoms with E-state index in [1.165, 1.54) is 0 Å². The number of hydrogen-bond acceptors (Lipinski definition) is 4. The van der Waals surface area contributed by atoms with Crippen LogP contribution in [0.2, 0.25) is 0 Å². The molecule has 0 saturated heterocycles. The fourth-order valence-corrected chi connectivity index (χ4v) is 2.48. The fraction of sp³-hybridized carbons (Fsp3) is 0.375. The Balaban J connectivity index is 0.00000220. The van der Waals surface area contributed by atoms with E-state index in [4.69, 9.17) is 4.74 Å². The summed E-state index contributed by atoms with van der Waals surface area (Å²) >= 11 is 0. The van der Waals surface area contributed by atoms with Gasteiger partial charge >= 0.3 is 35.5 Å². The van der Waals surface area contributed by atoms with E-state index in [0.717, 1.165) is 17.2 Å². The first-order valence-corrected chi connectivity index (χ1v) is 6.67. The van der Waals surface area contributed by atoms with E-state index in [1.54, 1.807) is 6.92 Å². The second kappa shape index (κ2) is 7.78. The van der Waals surface area contributed by atoms with E-state index >= 15 is 0 Å². The molecule has 2 atom stereocenters. The molecule has 0 saturated carbocycles. The largest absolute Gasteiger partial charge is 1.00 e. The van der Waals surface area contributed by atoms with Crippen LogP contribution in [0.4, 0.5) is 0 Å². The summed E-state index contributed by atoms with van der Waals surface area (Å²) in [6, 6.07) is 7.53. The zero-order valence-corrected chi connectivity index (χ0v) is 14.6. The minimum Gasteiger partial charge on any atom is -0.875 e. The van der Waals surface area contributed by atoms with E-state index in [2.05, 4.69) is 0 Å². The monoisotopic (exact) mass is 296 g/mol. The fourth-order valence-electron chi connectivity index (χ4n) is 2.48. The van der Waals surface area contributed by atoms with Crippen LogP contribution in [0.25, 0.3) is 0 Å². The van der Waals surface area contributed by atoms with Crippen LogP contribution in [-0.4, -0.2) is 18.4 Å². The van der Waals surface area contributed by atoms with Gasteiger partial charge in [0.1, 0.15) is 0 Å². The molecule has 0 N–H and O–H groups in total. The molecule has 0 radical (unpaired) electrons. The summed E-state index contributed by atoms with van der Waals surface area (Å²) in [5, 5.41) is 12.0. The molecule has 1 aromatic rings. The van der Waals surface area contributed by atoms with Crippen LogP contribution < -0.4 is 34.7 Å². The number of benzene rings is 1. The van der Waals surface area contributed by atoms with Gasteiger partial charge in [-0.15, -0.1) is 5.76 Å². The van der Waals surface area contributed by atoms with E-state index in [9.17, 15) is 14.7 Å². The van der Waals surface area contributed by atoms with Crippen LogP contribution in [-0.2, 0) is 14.3 Å². The number of allylic oxidation sites excluding steroid dienone is 1. The van der Waals surface area contributed by atoms with Crippen LogP contribution in [0.5, 0.6) is 0 Å². The standard InChI is InChI=1S/C16H18O4.Na/c1-3-20-16(19)15-13(8-12(17)9-14(15)18)11-6-4-10(2)5-7-11;/h4-7,9,13,15,18H,3,8H2,1-2H3;/q;+1/p-1. The Labute approximate surface area is 146 Å². The Morgan fingerprint density at radius 3 is 2.52 bits per heavy atom. The molecule has 1 aromatic carbocycles. The molecule has 5 heteroatoms. The van der Waals surface area contributed by atoms with Crippen molar-refractivity contribution in [3.05, 3.63) is 47.2 Å². The van der Waals surface area contributed by atoms with Crippen molar-refractivity contribution in [2.45, 2.75) is 26.2 Å². The van der Waals surface area contributed by atoms with E-state index in [-0.39, 0.29) is 48.4 Å². The zero-order valence-electron chi connectivity index (χ0n) is 12.6. The van der Waals surface area contributed by atoms with Gasteiger partial charge < -0.3 is 9.84 Å². The number of rotatable bonds is 3. The van der Waals surface area contributed by atoms with Crippen molar-refractivity contribution >= 4 is 11.8 Å². The van der Waals surface area contributed by atoms with Gasteiger partial charge in [0.2, 0.25) is 0 Å². The normalized spacial score (nSPS) is 21.2. The third-order valence-corrected chi connectivity index (χ3v) is 3.48. The minimum absolute atomic E-state index is 0. The first-order chi connectivity index (χ1) is 9.52. The molecule has 0 aliphatic heterocycles. The van der Waals surface area contributed by atoms with Gasteiger partial charge in [0, 0.05) is 12.3 Å². The van der Waals surface area contributed by atoms with Gasteiger partial charge in [-0.05, 0) is 25.5 Å². The zero-order chi connectivity index (χ0) is 14.7. The summed E-state index contributed by atoms with van der Waals surface area (Å²) < 4.78 is 4.97. The molecule has 1 aliphatic rings. The Bertz CT molecular complexity index is 548. The number of aryl methyl sites for hydroxylation is 1. The van der Waals surface area contributed by atoms with E-state index < -0.39 is 23.6 Å². The number of carbonyl (C=O) groups is 2. The molecule has 0 aromatic heterocycles. The maximum absolute atomic E-state index is 12.0. The predicted molar refractivity (Wildman–Crippen MR) is 71.8 cm³/mol. The van der Waals surface area contributed by atoms with Crippen molar-refractivity contribution in [3.8, 4) is 0 Å². The summed E-state index contributed by atoms with van der Waals surface area (Å²) in [7, 11) is 0. The molecule has 1 aliphatic carbocycles. The van der Waals surface area contributed by atoms with Crippen molar-refractivity contribution in [3.63, 3.8) is 0 Å². The number of esters is 1. The molecule has 0 fully saturated rings. The Kier molecular flexibility index (Phi) is 6.65. The maximum Gasteiger partial charge on any atom is 1.00 e. The molecule has 0 spiro atoms. The SMILES string of the molecule is CCOC(=O)C1C([O-])=CC(=O)CC1c1ccc(C)cc1.[Na+]. The minimum atomic E-state index is -0.907. The first kappa shape index (κ1) is 18.0. The molecule has 0 amide bonds. The molecular formula is C16H17NaO4. The molecule has 2 rings (SSSR count). The molecule has 2 unspecified atom stereocenters. The third kappa shape index (κ3) is 4.19. The Morgan fingerprint density at radius 1 is 1.33 bits per heavy atom. The van der Waals surface area contributed by atoms with Crippen molar-refractivity contribution in [2.24, 2.45) is 5.92 Å². The molecule has 21 heavy (non-hydrogen) atoms. The topological polar surface area (TPSA) is 66.4 Å². The second-order valence-corrected chi connectivity index (χ2v) is 4.96. The van der Waals surface area contributed by atoms with Crippen LogP contribution in [0.1, 0.15) is 30.4 Å². The van der Waals surface area contributed by atoms with Crippen LogP contribution in [0.15, 0.2) is 36.1 Å². The number of carbonyl (C=O) groups excluding carboxylic acids is 2. The predicted octanol–water partition coefficient (Wildman–Crippen LogP) is -1.52. The summed E-state index contributed by atoms with van der Waals surface area (Å²) in [6.07, 6.45) is 1.19. The quantitative estimate of drug-likeness (QED) is 0.502. The van der Waals surface area contributed by atoms with Gasteiger partial charge in [0.05, 0.1) is 12.5 Å². The molecule has 106 valence electrons.